The molecule has 0 aliphatic carbocycles. The Labute approximate surface area is 155 Å². The third-order valence-corrected chi connectivity index (χ3v) is 4.44. The number of nitrogens with zero attached hydrogens (tertiary/aromatic N) is 1. The zero-order valence-corrected chi connectivity index (χ0v) is 15.1. The summed E-state index contributed by atoms with van der Waals surface area (Å²) in [5.74, 6) is -1.13. The van der Waals surface area contributed by atoms with Crippen molar-refractivity contribution in [3.63, 3.8) is 0 Å². The zero-order valence-electron chi connectivity index (χ0n) is 13.5. The molecule has 0 bridgehead atoms. The van der Waals surface area contributed by atoms with E-state index in [-0.39, 0.29) is 15.6 Å². The molecule has 0 radical (unpaired) electrons. The first kappa shape index (κ1) is 19.8. The van der Waals surface area contributed by atoms with Crippen molar-refractivity contribution in [1.29, 1.82) is 0 Å². The van der Waals surface area contributed by atoms with Crippen LogP contribution in [0.4, 0.5) is 0 Å². The summed E-state index contributed by atoms with van der Waals surface area (Å²) in [5, 5.41) is 7.86. The molecule has 0 spiro atoms. The van der Waals surface area contributed by atoms with Gasteiger partial charge >= 0.3 is 5.97 Å². The second-order valence-corrected chi connectivity index (χ2v) is 7.18. The fraction of sp³-hybridized carbons (Fsp3) is 0.188. The Morgan fingerprint density at radius 1 is 1.15 bits per heavy atom. The molecule has 0 saturated carbocycles. The lowest BCUT2D eigenvalue weighted by atomic mass is 10.1. The maximum absolute atomic E-state index is 11.7. The summed E-state index contributed by atoms with van der Waals surface area (Å²) in [6.07, 6.45) is 1.74. The van der Waals surface area contributed by atoms with Gasteiger partial charge in [-0.1, -0.05) is 23.7 Å². The van der Waals surface area contributed by atoms with Gasteiger partial charge in [0.05, 0.1) is 10.5 Å². The van der Waals surface area contributed by atoms with Gasteiger partial charge in [0, 0.05) is 12.7 Å². The summed E-state index contributed by atoms with van der Waals surface area (Å²) in [6.45, 7) is -0.126. The van der Waals surface area contributed by atoms with Crippen LogP contribution in [0.1, 0.15) is 15.9 Å². The smallest absolute Gasteiger partial charge is 0.340 e. The second-order valence-electron chi connectivity index (χ2n) is 5.23. The lowest BCUT2D eigenvalue weighted by Crippen LogP contribution is -2.30. The Kier molecular flexibility index (Phi) is 6.67. The van der Waals surface area contributed by atoms with Crippen molar-refractivity contribution in [3.05, 3.63) is 58.9 Å². The van der Waals surface area contributed by atoms with E-state index in [0.717, 1.165) is 5.56 Å². The molecule has 1 aromatic carbocycles. The highest BCUT2D eigenvalue weighted by atomic mass is 35.5. The number of hydrogen-bond donors (Lipinski definition) is 2. The van der Waals surface area contributed by atoms with Gasteiger partial charge in [-0.2, -0.15) is 0 Å². The Morgan fingerprint density at radius 3 is 2.42 bits per heavy atom. The van der Waals surface area contributed by atoms with E-state index in [1.807, 2.05) is 0 Å². The second kappa shape index (κ2) is 8.75. The van der Waals surface area contributed by atoms with E-state index in [2.05, 4.69) is 10.3 Å². The van der Waals surface area contributed by atoms with Crippen LogP contribution in [-0.2, 0) is 26.0 Å². The lowest BCUT2D eigenvalue weighted by Gasteiger charge is -2.07. The number of carbonyl (C=O) groups is 2. The zero-order chi connectivity index (χ0) is 19.2. The largest absolute Gasteiger partial charge is 0.452 e. The molecule has 0 saturated heterocycles. The van der Waals surface area contributed by atoms with Crippen molar-refractivity contribution >= 4 is 33.5 Å². The average molecular weight is 398 g/mol. The minimum Gasteiger partial charge on any atom is -0.452 e. The molecular weight excluding hydrogens is 382 g/mol. The number of halogens is 1. The summed E-state index contributed by atoms with van der Waals surface area (Å²) in [4.78, 5) is 27.2. The Morgan fingerprint density at radius 2 is 1.85 bits per heavy atom. The standard InChI is InChI=1S/C16H16ClN3O5S/c17-14-6-3-12(9-20-14)16(22)25-10-15(21)19-8-7-11-1-4-13(5-2-11)26(18,23)24/h1-6,9H,7-8,10H2,(H,19,21)(H2,18,23,24). The number of aromatic nitrogens is 1. The van der Waals surface area contributed by atoms with Crippen LogP contribution in [0, 0.1) is 0 Å². The minimum atomic E-state index is -3.72. The first-order valence-corrected chi connectivity index (χ1v) is 9.35. The molecule has 2 aromatic rings. The number of sulfonamides is 1. The number of carbonyl (C=O) groups excluding carboxylic acids is 2. The van der Waals surface area contributed by atoms with Crippen molar-refractivity contribution in [2.75, 3.05) is 13.2 Å². The summed E-state index contributed by atoms with van der Waals surface area (Å²) < 4.78 is 27.2. The molecule has 8 nitrogen and oxygen atoms in total. The first-order valence-electron chi connectivity index (χ1n) is 7.43. The molecule has 1 aromatic heterocycles. The van der Waals surface area contributed by atoms with Gasteiger partial charge in [-0.15, -0.1) is 0 Å². The summed E-state index contributed by atoms with van der Waals surface area (Å²) >= 11 is 5.62. The molecule has 2 rings (SSSR count). The fourth-order valence-electron chi connectivity index (χ4n) is 1.95. The van der Waals surface area contributed by atoms with E-state index < -0.39 is 28.5 Å². The molecular formula is C16H16ClN3O5S. The van der Waals surface area contributed by atoms with Crippen molar-refractivity contribution in [1.82, 2.24) is 10.3 Å². The molecule has 10 heteroatoms. The number of pyridine rings is 1. The lowest BCUT2D eigenvalue weighted by molar-refractivity contribution is -0.124. The molecule has 0 fully saturated rings. The molecule has 0 aliphatic heterocycles. The van der Waals surface area contributed by atoms with Crippen molar-refractivity contribution in [3.8, 4) is 0 Å². The number of benzene rings is 1. The molecule has 3 N–H and O–H groups in total. The number of ether oxygens (including phenoxy) is 1. The fourth-order valence-corrected chi connectivity index (χ4v) is 2.58. The minimum absolute atomic E-state index is 0.0221. The van der Waals surface area contributed by atoms with E-state index in [0.29, 0.717) is 13.0 Å². The number of nitrogens with one attached hydrogen (secondary N) is 1. The summed E-state index contributed by atoms with van der Waals surface area (Å²) in [5.41, 5.74) is 1.01. The topological polar surface area (TPSA) is 128 Å². The van der Waals surface area contributed by atoms with Gasteiger partial charge in [0.25, 0.3) is 5.91 Å². The third kappa shape index (κ3) is 6.10. The third-order valence-electron chi connectivity index (χ3n) is 3.29. The predicted molar refractivity (Wildman–Crippen MR) is 94.1 cm³/mol. The van der Waals surface area contributed by atoms with Crippen LogP contribution < -0.4 is 10.5 Å². The molecule has 138 valence electrons. The summed E-state index contributed by atoms with van der Waals surface area (Å²) in [6, 6.07) is 8.90. The van der Waals surface area contributed by atoms with Gasteiger partial charge in [-0.05, 0) is 36.2 Å². The summed E-state index contributed by atoms with van der Waals surface area (Å²) in [7, 11) is -3.72. The van der Waals surface area contributed by atoms with Gasteiger partial charge < -0.3 is 10.1 Å². The SMILES string of the molecule is NS(=O)(=O)c1ccc(CCNC(=O)COC(=O)c2ccc(Cl)nc2)cc1. The number of primary sulfonamides is 1. The maximum Gasteiger partial charge on any atom is 0.340 e. The monoisotopic (exact) mass is 397 g/mol. The van der Waals surface area contributed by atoms with E-state index in [1.165, 1.54) is 30.5 Å². The highest BCUT2D eigenvalue weighted by molar-refractivity contribution is 7.89. The van der Waals surface area contributed by atoms with Gasteiger partial charge in [-0.25, -0.2) is 23.3 Å². The van der Waals surface area contributed by atoms with Crippen LogP contribution in [-0.4, -0.2) is 38.4 Å². The first-order chi connectivity index (χ1) is 12.3. The molecule has 1 heterocycles. The Bertz CT molecular complexity index is 883. The number of hydrogen-bond acceptors (Lipinski definition) is 6. The van der Waals surface area contributed by atoms with E-state index in [1.54, 1.807) is 12.1 Å². The van der Waals surface area contributed by atoms with E-state index in [4.69, 9.17) is 21.5 Å². The normalized spacial score (nSPS) is 11.0. The van der Waals surface area contributed by atoms with Crippen LogP contribution in [0.25, 0.3) is 0 Å². The van der Waals surface area contributed by atoms with Crippen LogP contribution in [0.5, 0.6) is 0 Å². The molecule has 0 aliphatic rings. The van der Waals surface area contributed by atoms with Crippen LogP contribution in [0.2, 0.25) is 5.15 Å². The van der Waals surface area contributed by atoms with E-state index in [9.17, 15) is 18.0 Å². The highest BCUT2D eigenvalue weighted by Gasteiger charge is 2.11. The number of amides is 1. The van der Waals surface area contributed by atoms with Gasteiger partial charge in [0.1, 0.15) is 5.15 Å². The molecule has 1 amide bonds. The van der Waals surface area contributed by atoms with Crippen LogP contribution in [0.15, 0.2) is 47.5 Å². The Balaban J connectivity index is 1.73. The molecule has 26 heavy (non-hydrogen) atoms. The van der Waals surface area contributed by atoms with Crippen molar-refractivity contribution in [2.24, 2.45) is 5.14 Å². The maximum atomic E-state index is 11.7. The molecule has 0 atom stereocenters. The molecule has 0 unspecified atom stereocenters. The van der Waals surface area contributed by atoms with Crippen LogP contribution in [0.3, 0.4) is 0 Å². The van der Waals surface area contributed by atoms with E-state index >= 15 is 0 Å². The number of nitrogens with two attached hydrogens (primary N) is 1. The van der Waals surface area contributed by atoms with Gasteiger partial charge in [0.2, 0.25) is 10.0 Å². The number of rotatable bonds is 7. The Hall–Kier alpha value is -2.49. The van der Waals surface area contributed by atoms with Crippen LogP contribution >= 0.6 is 11.6 Å². The quantitative estimate of drug-likeness (QED) is 0.527. The number of esters is 1. The van der Waals surface area contributed by atoms with Crippen molar-refractivity contribution in [2.45, 2.75) is 11.3 Å². The van der Waals surface area contributed by atoms with Gasteiger partial charge in [0.15, 0.2) is 6.61 Å². The average Bonchev–Trinajstić information content (AvgIpc) is 2.60. The predicted octanol–water partition coefficient (Wildman–Crippen LogP) is 0.898. The van der Waals surface area contributed by atoms with Gasteiger partial charge in [-0.3, -0.25) is 4.79 Å². The van der Waals surface area contributed by atoms with Crippen molar-refractivity contribution < 1.29 is 22.7 Å². The highest BCUT2D eigenvalue weighted by Crippen LogP contribution is 2.09.